The molecule has 1 fully saturated rings. The Morgan fingerprint density at radius 2 is 2.50 bits per heavy atom. The Kier molecular flexibility index (Phi) is 4.92. The molecule has 100 valence electrons. The zero-order valence-corrected chi connectivity index (χ0v) is 10.8. The van der Waals surface area contributed by atoms with Gasteiger partial charge in [-0.25, -0.2) is 4.98 Å². The number of anilines is 1. The monoisotopic (exact) mass is 251 g/mol. The van der Waals surface area contributed by atoms with Crippen molar-refractivity contribution in [2.75, 3.05) is 37.7 Å². The molecule has 0 saturated carbocycles. The molecule has 0 bridgehead atoms. The smallest absolute Gasteiger partial charge is 0.133 e. The second-order valence-electron chi connectivity index (χ2n) is 4.39. The van der Waals surface area contributed by atoms with Crippen molar-refractivity contribution in [1.29, 1.82) is 0 Å². The number of nitrogens with one attached hydrogen (secondary N) is 1. The average molecular weight is 251 g/mol. The predicted octanol–water partition coefficient (Wildman–Crippen LogP) is 0.389. The van der Waals surface area contributed by atoms with Gasteiger partial charge < -0.3 is 20.1 Å². The molecule has 0 aromatic carbocycles. The third-order valence-electron chi connectivity index (χ3n) is 3.07. The predicted molar refractivity (Wildman–Crippen MR) is 70.7 cm³/mol. The topological polar surface area (TPSA) is 57.6 Å². The highest BCUT2D eigenvalue weighted by molar-refractivity contribution is 5.47. The number of aromatic nitrogens is 1. The molecular weight excluding hydrogens is 230 g/mol. The summed E-state index contributed by atoms with van der Waals surface area (Å²) >= 11 is 0. The van der Waals surface area contributed by atoms with E-state index in [0.717, 1.165) is 25.5 Å². The van der Waals surface area contributed by atoms with Gasteiger partial charge in [0.15, 0.2) is 0 Å². The van der Waals surface area contributed by atoms with E-state index in [4.69, 9.17) is 4.74 Å². The number of aliphatic hydroxyl groups is 1. The van der Waals surface area contributed by atoms with E-state index in [-0.39, 0.29) is 12.7 Å². The van der Waals surface area contributed by atoms with Gasteiger partial charge in [0.1, 0.15) is 5.82 Å². The Labute approximate surface area is 108 Å². The van der Waals surface area contributed by atoms with Crippen LogP contribution in [0.2, 0.25) is 0 Å². The molecule has 2 N–H and O–H groups in total. The van der Waals surface area contributed by atoms with Gasteiger partial charge in [-0.3, -0.25) is 0 Å². The minimum absolute atomic E-state index is 0.0614. The van der Waals surface area contributed by atoms with Crippen LogP contribution in [0.5, 0.6) is 0 Å². The molecule has 0 amide bonds. The van der Waals surface area contributed by atoms with Gasteiger partial charge in [0, 0.05) is 31.4 Å². The van der Waals surface area contributed by atoms with Crippen LogP contribution in [-0.4, -0.2) is 49.0 Å². The fourth-order valence-electron chi connectivity index (χ4n) is 2.13. The molecule has 0 spiro atoms. The van der Waals surface area contributed by atoms with Crippen molar-refractivity contribution in [1.82, 2.24) is 10.3 Å². The standard InChI is InChI=1S/C13H21N3O2/c1-2-14-8-11-4-3-5-15-13(11)16-6-7-18-12(9-16)10-17/h3-5,12,14,17H,2,6-10H2,1H3. The van der Waals surface area contributed by atoms with Gasteiger partial charge >= 0.3 is 0 Å². The Bertz CT molecular complexity index is 373. The third kappa shape index (κ3) is 3.19. The van der Waals surface area contributed by atoms with Crippen LogP contribution in [0.15, 0.2) is 18.3 Å². The zero-order chi connectivity index (χ0) is 12.8. The van der Waals surface area contributed by atoms with Crippen LogP contribution < -0.4 is 10.2 Å². The van der Waals surface area contributed by atoms with Gasteiger partial charge in [0.05, 0.1) is 19.3 Å². The fraction of sp³-hybridized carbons (Fsp3) is 0.615. The lowest BCUT2D eigenvalue weighted by Crippen LogP contribution is -2.45. The Hall–Kier alpha value is -1.17. The van der Waals surface area contributed by atoms with Crippen molar-refractivity contribution in [2.24, 2.45) is 0 Å². The first-order valence-electron chi connectivity index (χ1n) is 6.47. The molecule has 1 aliphatic rings. The number of hydrogen-bond acceptors (Lipinski definition) is 5. The maximum atomic E-state index is 9.18. The molecule has 2 rings (SSSR count). The second kappa shape index (κ2) is 6.68. The minimum Gasteiger partial charge on any atom is -0.394 e. The van der Waals surface area contributed by atoms with Crippen molar-refractivity contribution in [3.05, 3.63) is 23.9 Å². The molecule has 1 atom stereocenters. The van der Waals surface area contributed by atoms with Crippen LogP contribution in [0.1, 0.15) is 12.5 Å². The molecule has 1 unspecified atom stereocenters. The summed E-state index contributed by atoms with van der Waals surface area (Å²) in [6.45, 7) is 6.08. The van der Waals surface area contributed by atoms with Crippen LogP contribution in [-0.2, 0) is 11.3 Å². The van der Waals surface area contributed by atoms with E-state index in [9.17, 15) is 5.11 Å². The average Bonchev–Trinajstić information content (AvgIpc) is 2.45. The molecule has 1 saturated heterocycles. The number of rotatable bonds is 5. The van der Waals surface area contributed by atoms with E-state index < -0.39 is 0 Å². The molecule has 0 aliphatic carbocycles. The van der Waals surface area contributed by atoms with Gasteiger partial charge in [0.2, 0.25) is 0 Å². The number of nitrogens with zero attached hydrogens (tertiary/aromatic N) is 2. The first kappa shape index (κ1) is 13.3. The normalized spacial score (nSPS) is 20.1. The molecule has 5 heteroatoms. The maximum Gasteiger partial charge on any atom is 0.133 e. The third-order valence-corrected chi connectivity index (χ3v) is 3.07. The van der Waals surface area contributed by atoms with Gasteiger partial charge in [-0.1, -0.05) is 13.0 Å². The Morgan fingerprint density at radius 3 is 3.28 bits per heavy atom. The van der Waals surface area contributed by atoms with E-state index >= 15 is 0 Å². The van der Waals surface area contributed by atoms with Crippen molar-refractivity contribution < 1.29 is 9.84 Å². The van der Waals surface area contributed by atoms with Crippen molar-refractivity contribution in [2.45, 2.75) is 19.6 Å². The Morgan fingerprint density at radius 1 is 1.61 bits per heavy atom. The maximum absolute atomic E-state index is 9.18. The summed E-state index contributed by atoms with van der Waals surface area (Å²) in [7, 11) is 0. The SMILES string of the molecule is CCNCc1cccnc1N1CCOC(CO)C1. The van der Waals surface area contributed by atoms with Crippen LogP contribution in [0.25, 0.3) is 0 Å². The van der Waals surface area contributed by atoms with Gasteiger partial charge in [-0.05, 0) is 12.6 Å². The highest BCUT2D eigenvalue weighted by Crippen LogP contribution is 2.19. The number of morpholine rings is 1. The summed E-state index contributed by atoms with van der Waals surface area (Å²) in [5, 5.41) is 12.5. The summed E-state index contributed by atoms with van der Waals surface area (Å²) in [5.74, 6) is 1.00. The molecule has 18 heavy (non-hydrogen) atoms. The molecule has 0 radical (unpaired) electrons. The van der Waals surface area contributed by atoms with E-state index in [1.165, 1.54) is 5.56 Å². The molecular formula is C13H21N3O2. The zero-order valence-electron chi connectivity index (χ0n) is 10.8. The lowest BCUT2D eigenvalue weighted by atomic mass is 10.2. The molecule has 5 nitrogen and oxygen atoms in total. The summed E-state index contributed by atoms with van der Waals surface area (Å²) in [5.41, 5.74) is 1.19. The second-order valence-corrected chi connectivity index (χ2v) is 4.39. The fourth-order valence-corrected chi connectivity index (χ4v) is 2.13. The lowest BCUT2D eigenvalue weighted by Gasteiger charge is -2.34. The number of aliphatic hydroxyl groups excluding tert-OH is 1. The molecule has 1 aromatic rings. The summed E-state index contributed by atoms with van der Waals surface area (Å²) in [6, 6.07) is 4.05. The summed E-state index contributed by atoms with van der Waals surface area (Å²) in [6.07, 6.45) is 1.71. The lowest BCUT2D eigenvalue weighted by molar-refractivity contribution is 0.00331. The quantitative estimate of drug-likeness (QED) is 0.793. The van der Waals surface area contributed by atoms with Gasteiger partial charge in [0.25, 0.3) is 0 Å². The van der Waals surface area contributed by atoms with Gasteiger partial charge in [-0.2, -0.15) is 0 Å². The first-order valence-corrected chi connectivity index (χ1v) is 6.47. The van der Waals surface area contributed by atoms with Crippen LogP contribution >= 0.6 is 0 Å². The van der Waals surface area contributed by atoms with E-state index in [1.54, 1.807) is 0 Å². The number of ether oxygens (including phenoxy) is 1. The first-order chi connectivity index (χ1) is 8.85. The largest absolute Gasteiger partial charge is 0.394 e. The van der Waals surface area contributed by atoms with Crippen molar-refractivity contribution in [3.8, 4) is 0 Å². The Balaban J connectivity index is 2.11. The van der Waals surface area contributed by atoms with E-state index in [1.807, 2.05) is 12.3 Å². The summed E-state index contributed by atoms with van der Waals surface area (Å²) in [4.78, 5) is 6.66. The summed E-state index contributed by atoms with van der Waals surface area (Å²) < 4.78 is 5.46. The highest BCUT2D eigenvalue weighted by Gasteiger charge is 2.22. The van der Waals surface area contributed by atoms with E-state index in [0.29, 0.717) is 13.2 Å². The van der Waals surface area contributed by atoms with Crippen molar-refractivity contribution >= 4 is 5.82 Å². The molecule has 2 heterocycles. The number of pyridine rings is 1. The number of hydrogen-bond donors (Lipinski definition) is 2. The highest BCUT2D eigenvalue weighted by atomic mass is 16.5. The molecule has 1 aromatic heterocycles. The van der Waals surface area contributed by atoms with Crippen molar-refractivity contribution in [3.63, 3.8) is 0 Å². The van der Waals surface area contributed by atoms with E-state index in [2.05, 4.69) is 28.2 Å². The van der Waals surface area contributed by atoms with Crippen LogP contribution in [0.3, 0.4) is 0 Å². The van der Waals surface area contributed by atoms with Crippen LogP contribution in [0.4, 0.5) is 5.82 Å². The molecule has 1 aliphatic heterocycles. The van der Waals surface area contributed by atoms with Gasteiger partial charge in [-0.15, -0.1) is 0 Å². The minimum atomic E-state index is -0.104. The van der Waals surface area contributed by atoms with Crippen LogP contribution in [0, 0.1) is 0 Å².